The molecule has 0 bridgehead atoms. The lowest BCUT2D eigenvalue weighted by atomic mass is 10.3. The van der Waals surface area contributed by atoms with Gasteiger partial charge in [0.05, 0.1) is 6.54 Å². The Kier molecular flexibility index (Phi) is 3.74. The lowest BCUT2D eigenvalue weighted by Crippen LogP contribution is -2.21. The number of hydrogen-bond acceptors (Lipinski definition) is 2. The molecule has 1 rings (SSSR count). The fourth-order valence-electron chi connectivity index (χ4n) is 0.815. The number of hydrogen-bond donors (Lipinski definition) is 2. The van der Waals surface area contributed by atoms with Gasteiger partial charge in [0.2, 0.25) is 5.91 Å². The quantitative estimate of drug-likeness (QED) is 0.898. The number of carbonyl (C=O) groups excluding carboxylic acids is 1. The van der Waals surface area contributed by atoms with Crippen LogP contribution < -0.4 is 11.1 Å². The van der Waals surface area contributed by atoms with Gasteiger partial charge in [-0.25, -0.2) is 0 Å². The van der Waals surface area contributed by atoms with Crippen LogP contribution in [0.5, 0.6) is 0 Å². The molecule has 0 heterocycles. The molecular weight excluding hydrogens is 300 g/mol. The third-order valence-electron chi connectivity index (χ3n) is 1.38. The zero-order valence-electron chi connectivity index (χ0n) is 6.68. The van der Waals surface area contributed by atoms with E-state index in [0.29, 0.717) is 0 Å². The number of nitrogens with two attached hydrogens (primary N) is 1. The van der Waals surface area contributed by atoms with Crippen molar-refractivity contribution in [2.45, 2.75) is 0 Å². The second kappa shape index (κ2) is 4.62. The maximum atomic E-state index is 10.5. The van der Waals surface area contributed by atoms with Crippen LogP contribution in [0.1, 0.15) is 0 Å². The fraction of sp³-hybridized carbons (Fsp3) is 0.125. The molecule has 0 atom stereocenters. The summed E-state index contributed by atoms with van der Waals surface area (Å²) in [5.41, 5.74) is 5.84. The van der Waals surface area contributed by atoms with Gasteiger partial charge in [0.1, 0.15) is 0 Å². The minimum Gasteiger partial charge on any atom is -0.375 e. The molecule has 13 heavy (non-hydrogen) atoms. The number of primary amides is 1. The normalized spacial score (nSPS) is 9.69. The van der Waals surface area contributed by atoms with Crippen LogP contribution in [0.3, 0.4) is 0 Å². The first-order valence-electron chi connectivity index (χ1n) is 3.57. The van der Waals surface area contributed by atoms with Crippen molar-refractivity contribution in [3.05, 3.63) is 27.1 Å². The predicted octanol–water partition coefficient (Wildman–Crippen LogP) is 2.11. The Morgan fingerprint density at radius 1 is 1.46 bits per heavy atom. The average molecular weight is 308 g/mol. The fourth-order valence-corrected chi connectivity index (χ4v) is 2.00. The van der Waals surface area contributed by atoms with Gasteiger partial charge >= 0.3 is 0 Å². The van der Waals surface area contributed by atoms with Crippen molar-refractivity contribution in [3.8, 4) is 0 Å². The smallest absolute Gasteiger partial charge is 0.236 e. The number of benzene rings is 1. The van der Waals surface area contributed by atoms with E-state index >= 15 is 0 Å². The van der Waals surface area contributed by atoms with Crippen LogP contribution >= 0.6 is 31.9 Å². The van der Waals surface area contributed by atoms with Crippen LogP contribution in [0.25, 0.3) is 0 Å². The van der Waals surface area contributed by atoms with Crippen LogP contribution in [-0.2, 0) is 4.79 Å². The molecule has 0 aliphatic heterocycles. The molecule has 1 amide bonds. The molecule has 0 aliphatic carbocycles. The first-order chi connectivity index (χ1) is 6.09. The van der Waals surface area contributed by atoms with E-state index in [9.17, 15) is 4.79 Å². The van der Waals surface area contributed by atoms with Crippen molar-refractivity contribution in [2.75, 3.05) is 11.9 Å². The molecule has 0 fully saturated rings. The van der Waals surface area contributed by atoms with Gasteiger partial charge in [0.25, 0.3) is 0 Å². The molecule has 0 saturated carbocycles. The van der Waals surface area contributed by atoms with Gasteiger partial charge < -0.3 is 11.1 Å². The Morgan fingerprint density at radius 2 is 2.15 bits per heavy atom. The highest BCUT2D eigenvalue weighted by Crippen LogP contribution is 2.25. The van der Waals surface area contributed by atoms with Crippen molar-refractivity contribution in [2.24, 2.45) is 5.73 Å². The highest BCUT2D eigenvalue weighted by atomic mass is 79.9. The van der Waals surface area contributed by atoms with E-state index in [0.717, 1.165) is 14.6 Å². The van der Waals surface area contributed by atoms with Crippen LogP contribution in [0.4, 0.5) is 5.69 Å². The second-order valence-corrected chi connectivity index (χ2v) is 4.21. The summed E-state index contributed by atoms with van der Waals surface area (Å²) >= 11 is 6.68. The number of amides is 1. The third kappa shape index (κ3) is 3.36. The topological polar surface area (TPSA) is 55.1 Å². The van der Waals surface area contributed by atoms with Crippen molar-refractivity contribution in [1.82, 2.24) is 0 Å². The van der Waals surface area contributed by atoms with Crippen molar-refractivity contribution in [3.63, 3.8) is 0 Å². The summed E-state index contributed by atoms with van der Waals surface area (Å²) in [5, 5.41) is 2.90. The average Bonchev–Trinajstić information content (AvgIpc) is 2.02. The van der Waals surface area contributed by atoms with Gasteiger partial charge in [-0.05, 0) is 34.1 Å². The van der Waals surface area contributed by atoms with Crippen LogP contribution in [0.15, 0.2) is 27.1 Å². The van der Waals surface area contributed by atoms with E-state index in [1.165, 1.54) is 0 Å². The Hall–Kier alpha value is -0.550. The van der Waals surface area contributed by atoms with E-state index in [4.69, 9.17) is 5.73 Å². The standard InChI is InChI=1S/C8H8Br2N2O/c9-5-1-2-7(6(10)3-5)12-4-8(11)13/h1-3,12H,4H2,(H2,11,13). The Morgan fingerprint density at radius 3 is 2.69 bits per heavy atom. The monoisotopic (exact) mass is 306 g/mol. The Labute approximate surface area is 92.9 Å². The molecular formula is C8H8Br2N2O. The third-order valence-corrected chi connectivity index (χ3v) is 2.53. The van der Waals surface area contributed by atoms with E-state index in [-0.39, 0.29) is 12.5 Å². The van der Waals surface area contributed by atoms with E-state index in [2.05, 4.69) is 37.2 Å². The summed E-state index contributed by atoms with van der Waals surface area (Å²) < 4.78 is 1.87. The van der Waals surface area contributed by atoms with E-state index in [1.54, 1.807) is 0 Å². The van der Waals surface area contributed by atoms with E-state index in [1.807, 2.05) is 18.2 Å². The first kappa shape index (κ1) is 10.5. The Balaban J connectivity index is 2.72. The van der Waals surface area contributed by atoms with Crippen LogP contribution in [0, 0.1) is 0 Å². The van der Waals surface area contributed by atoms with Crippen molar-refractivity contribution >= 4 is 43.5 Å². The molecule has 0 spiro atoms. The molecule has 1 aromatic rings. The number of rotatable bonds is 3. The highest BCUT2D eigenvalue weighted by Gasteiger charge is 2.00. The molecule has 0 radical (unpaired) electrons. The van der Waals surface area contributed by atoms with Crippen molar-refractivity contribution in [1.29, 1.82) is 0 Å². The summed E-state index contributed by atoms with van der Waals surface area (Å²) in [6.45, 7) is 0.139. The molecule has 1 aromatic carbocycles. The van der Waals surface area contributed by atoms with Gasteiger partial charge in [-0.3, -0.25) is 4.79 Å². The highest BCUT2D eigenvalue weighted by molar-refractivity contribution is 9.11. The zero-order valence-corrected chi connectivity index (χ0v) is 9.85. The summed E-state index contributed by atoms with van der Waals surface area (Å²) in [5.74, 6) is -0.380. The summed E-state index contributed by atoms with van der Waals surface area (Å²) in [6.07, 6.45) is 0. The first-order valence-corrected chi connectivity index (χ1v) is 5.15. The molecule has 5 heteroatoms. The molecule has 3 nitrogen and oxygen atoms in total. The summed E-state index contributed by atoms with van der Waals surface area (Å²) in [7, 11) is 0. The lowest BCUT2D eigenvalue weighted by molar-refractivity contribution is -0.116. The zero-order chi connectivity index (χ0) is 9.84. The van der Waals surface area contributed by atoms with Gasteiger partial charge in [-0.1, -0.05) is 15.9 Å². The Bertz CT molecular complexity index is 328. The molecule has 3 N–H and O–H groups in total. The van der Waals surface area contributed by atoms with E-state index < -0.39 is 0 Å². The van der Waals surface area contributed by atoms with Crippen LogP contribution in [0.2, 0.25) is 0 Å². The maximum Gasteiger partial charge on any atom is 0.236 e. The van der Waals surface area contributed by atoms with Gasteiger partial charge in [0.15, 0.2) is 0 Å². The molecule has 0 saturated heterocycles. The molecule has 0 aliphatic rings. The number of halogens is 2. The minimum absolute atomic E-state index is 0.139. The lowest BCUT2D eigenvalue weighted by Gasteiger charge is -2.06. The summed E-state index contributed by atoms with van der Waals surface area (Å²) in [4.78, 5) is 10.5. The van der Waals surface area contributed by atoms with Crippen LogP contribution in [-0.4, -0.2) is 12.5 Å². The molecule has 70 valence electrons. The number of nitrogens with one attached hydrogen (secondary N) is 1. The number of anilines is 1. The SMILES string of the molecule is NC(=O)CNc1ccc(Br)cc1Br. The number of carbonyl (C=O) groups is 1. The maximum absolute atomic E-state index is 10.5. The largest absolute Gasteiger partial charge is 0.375 e. The van der Waals surface area contributed by atoms with Gasteiger partial charge in [-0.15, -0.1) is 0 Å². The van der Waals surface area contributed by atoms with Crippen molar-refractivity contribution < 1.29 is 4.79 Å². The predicted molar refractivity (Wildman–Crippen MR) is 59.5 cm³/mol. The molecule has 0 aromatic heterocycles. The minimum atomic E-state index is -0.380. The molecule has 0 unspecified atom stereocenters. The van der Waals surface area contributed by atoms with Gasteiger partial charge in [0, 0.05) is 14.6 Å². The second-order valence-electron chi connectivity index (χ2n) is 2.44. The summed E-state index contributed by atoms with van der Waals surface area (Å²) in [6, 6.07) is 5.63. The van der Waals surface area contributed by atoms with Gasteiger partial charge in [-0.2, -0.15) is 0 Å².